The zero-order valence-corrected chi connectivity index (χ0v) is 14.2. The highest BCUT2D eigenvalue weighted by Gasteiger charge is 2.46. The summed E-state index contributed by atoms with van der Waals surface area (Å²) in [5.74, 6) is -0.802. The lowest BCUT2D eigenvalue weighted by molar-refractivity contribution is -0.146. The van der Waals surface area contributed by atoms with E-state index in [1.807, 2.05) is 18.2 Å². The standard InChI is InChI=1S/C18H23N3O4/c1-25-16(22)11-15-17(23)20-13-9-5-6-10-14(13)21(15)18(24)19-12-7-3-2-4-8-12/h2-4,7-8,13-15H,5-6,9-11H2,1H3,(H,19,24)(H,20,23)/t13-,14+,15+/m0/s1. The second-order valence-corrected chi connectivity index (χ2v) is 6.47. The van der Waals surface area contributed by atoms with Gasteiger partial charge < -0.3 is 20.3 Å². The number of rotatable bonds is 3. The van der Waals surface area contributed by atoms with Gasteiger partial charge in [0.05, 0.1) is 19.6 Å². The van der Waals surface area contributed by atoms with Crippen molar-refractivity contribution in [3.63, 3.8) is 0 Å². The Hall–Kier alpha value is -2.57. The minimum Gasteiger partial charge on any atom is -0.469 e. The molecule has 0 aromatic heterocycles. The number of urea groups is 1. The topological polar surface area (TPSA) is 87.7 Å². The molecule has 0 radical (unpaired) electrons. The van der Waals surface area contributed by atoms with E-state index in [0.29, 0.717) is 5.69 Å². The Morgan fingerprint density at radius 3 is 2.68 bits per heavy atom. The van der Waals surface area contributed by atoms with E-state index < -0.39 is 12.0 Å². The number of hydrogen-bond donors (Lipinski definition) is 2. The van der Waals surface area contributed by atoms with Crippen LogP contribution in [-0.2, 0) is 14.3 Å². The molecule has 25 heavy (non-hydrogen) atoms. The van der Waals surface area contributed by atoms with Crippen molar-refractivity contribution in [2.24, 2.45) is 0 Å². The van der Waals surface area contributed by atoms with Gasteiger partial charge in [0, 0.05) is 11.7 Å². The van der Waals surface area contributed by atoms with E-state index >= 15 is 0 Å². The number of nitrogens with zero attached hydrogens (tertiary/aromatic N) is 1. The second kappa shape index (κ2) is 7.55. The lowest BCUT2D eigenvalue weighted by Crippen LogP contribution is -2.68. The van der Waals surface area contributed by atoms with Crippen LogP contribution in [0.1, 0.15) is 32.1 Å². The van der Waals surface area contributed by atoms with E-state index in [1.54, 1.807) is 17.0 Å². The van der Waals surface area contributed by atoms with Crippen molar-refractivity contribution in [3.8, 4) is 0 Å². The first kappa shape index (κ1) is 17.3. The van der Waals surface area contributed by atoms with Crippen molar-refractivity contribution >= 4 is 23.6 Å². The highest BCUT2D eigenvalue weighted by atomic mass is 16.5. The normalized spacial score (nSPS) is 25.6. The number of esters is 1. The Balaban J connectivity index is 1.85. The predicted molar refractivity (Wildman–Crippen MR) is 91.9 cm³/mol. The molecule has 1 aliphatic carbocycles. The van der Waals surface area contributed by atoms with Crippen molar-refractivity contribution in [1.29, 1.82) is 0 Å². The molecule has 0 unspecified atom stereocenters. The number of carbonyl (C=O) groups excluding carboxylic acids is 3. The van der Waals surface area contributed by atoms with Gasteiger partial charge in [-0.15, -0.1) is 0 Å². The molecule has 1 aromatic rings. The van der Waals surface area contributed by atoms with Gasteiger partial charge in [0.1, 0.15) is 6.04 Å². The summed E-state index contributed by atoms with van der Waals surface area (Å²) in [5, 5.41) is 5.82. The number of carbonyl (C=O) groups is 3. The Labute approximate surface area is 146 Å². The molecule has 0 spiro atoms. The number of benzene rings is 1. The molecule has 2 N–H and O–H groups in total. The molecule has 3 rings (SSSR count). The van der Waals surface area contributed by atoms with Crippen LogP contribution in [0.3, 0.4) is 0 Å². The Kier molecular flexibility index (Phi) is 5.21. The molecule has 2 aliphatic rings. The third kappa shape index (κ3) is 3.75. The fourth-order valence-corrected chi connectivity index (χ4v) is 3.68. The maximum Gasteiger partial charge on any atom is 0.322 e. The molecule has 3 atom stereocenters. The second-order valence-electron chi connectivity index (χ2n) is 6.47. The van der Waals surface area contributed by atoms with Gasteiger partial charge in [0.25, 0.3) is 0 Å². The number of fused-ring (bicyclic) bond motifs is 1. The van der Waals surface area contributed by atoms with E-state index in [2.05, 4.69) is 10.6 Å². The number of piperazine rings is 1. The summed E-state index contributed by atoms with van der Waals surface area (Å²) >= 11 is 0. The van der Waals surface area contributed by atoms with Crippen LogP contribution in [0.4, 0.5) is 10.5 Å². The summed E-state index contributed by atoms with van der Waals surface area (Å²) in [6, 6.07) is 7.72. The molecule has 1 heterocycles. The van der Waals surface area contributed by atoms with Crippen molar-refractivity contribution in [1.82, 2.24) is 10.2 Å². The summed E-state index contributed by atoms with van der Waals surface area (Å²) in [6.45, 7) is 0. The molecular weight excluding hydrogens is 322 g/mol. The average molecular weight is 345 g/mol. The van der Waals surface area contributed by atoms with E-state index in [1.165, 1.54) is 7.11 Å². The fraction of sp³-hybridized carbons (Fsp3) is 0.500. The SMILES string of the molecule is COC(=O)C[C@@H]1C(=O)N[C@H]2CCCC[C@H]2N1C(=O)Nc1ccccc1. The van der Waals surface area contributed by atoms with Crippen molar-refractivity contribution in [2.75, 3.05) is 12.4 Å². The molecule has 134 valence electrons. The number of nitrogens with one attached hydrogen (secondary N) is 2. The van der Waals surface area contributed by atoms with E-state index in [0.717, 1.165) is 25.7 Å². The van der Waals surface area contributed by atoms with Gasteiger partial charge in [0.2, 0.25) is 5.91 Å². The minimum atomic E-state index is -0.851. The summed E-state index contributed by atoms with van der Waals surface area (Å²) in [7, 11) is 1.28. The quantitative estimate of drug-likeness (QED) is 0.819. The van der Waals surface area contributed by atoms with Crippen LogP contribution in [0.2, 0.25) is 0 Å². The molecule has 7 heteroatoms. The fourth-order valence-electron chi connectivity index (χ4n) is 3.68. The molecule has 0 bridgehead atoms. The number of amides is 3. The van der Waals surface area contributed by atoms with Gasteiger partial charge in [-0.1, -0.05) is 31.0 Å². The maximum atomic E-state index is 12.9. The summed E-state index contributed by atoms with van der Waals surface area (Å²) in [6.07, 6.45) is 3.53. The van der Waals surface area contributed by atoms with Crippen LogP contribution >= 0.6 is 0 Å². The highest BCUT2D eigenvalue weighted by Crippen LogP contribution is 2.30. The number of anilines is 1. The molecule has 1 aliphatic heterocycles. The third-order valence-corrected chi connectivity index (χ3v) is 4.90. The third-order valence-electron chi connectivity index (χ3n) is 4.90. The number of ether oxygens (including phenoxy) is 1. The Bertz CT molecular complexity index is 649. The first-order valence-electron chi connectivity index (χ1n) is 8.61. The van der Waals surface area contributed by atoms with Crippen LogP contribution in [0.15, 0.2) is 30.3 Å². The van der Waals surface area contributed by atoms with Crippen molar-refractivity contribution in [2.45, 2.75) is 50.2 Å². The largest absolute Gasteiger partial charge is 0.469 e. The van der Waals surface area contributed by atoms with Gasteiger partial charge in [-0.05, 0) is 25.0 Å². The van der Waals surface area contributed by atoms with Gasteiger partial charge in [-0.3, -0.25) is 9.59 Å². The summed E-state index contributed by atoms with van der Waals surface area (Å²) in [5.41, 5.74) is 0.655. The summed E-state index contributed by atoms with van der Waals surface area (Å²) < 4.78 is 4.71. The maximum absolute atomic E-state index is 12.9. The molecule has 1 aromatic carbocycles. The molecule has 3 amide bonds. The number of hydrogen-bond acceptors (Lipinski definition) is 4. The van der Waals surface area contributed by atoms with E-state index in [9.17, 15) is 14.4 Å². The first-order chi connectivity index (χ1) is 12.1. The Morgan fingerprint density at radius 2 is 1.96 bits per heavy atom. The highest BCUT2D eigenvalue weighted by molar-refractivity contribution is 5.96. The molecule has 1 saturated heterocycles. The van der Waals surface area contributed by atoms with Gasteiger partial charge in [-0.2, -0.15) is 0 Å². The van der Waals surface area contributed by atoms with Crippen LogP contribution in [0.5, 0.6) is 0 Å². The predicted octanol–water partition coefficient (Wildman–Crippen LogP) is 1.89. The molecule has 1 saturated carbocycles. The number of para-hydroxylation sites is 1. The lowest BCUT2D eigenvalue weighted by Gasteiger charge is -2.47. The first-order valence-corrected chi connectivity index (χ1v) is 8.61. The molecule has 2 fully saturated rings. The zero-order valence-electron chi connectivity index (χ0n) is 14.2. The van der Waals surface area contributed by atoms with E-state index in [4.69, 9.17) is 4.74 Å². The summed E-state index contributed by atoms with van der Waals surface area (Å²) in [4.78, 5) is 38.8. The smallest absolute Gasteiger partial charge is 0.322 e. The average Bonchev–Trinajstić information content (AvgIpc) is 2.62. The van der Waals surface area contributed by atoms with Crippen LogP contribution in [0.25, 0.3) is 0 Å². The van der Waals surface area contributed by atoms with Crippen LogP contribution in [-0.4, -0.2) is 48.0 Å². The van der Waals surface area contributed by atoms with Crippen LogP contribution < -0.4 is 10.6 Å². The number of methoxy groups -OCH3 is 1. The minimum absolute atomic E-state index is 0.0586. The van der Waals surface area contributed by atoms with Crippen LogP contribution in [0, 0.1) is 0 Å². The van der Waals surface area contributed by atoms with Gasteiger partial charge in [-0.25, -0.2) is 4.79 Å². The molecule has 7 nitrogen and oxygen atoms in total. The molecular formula is C18H23N3O4. The lowest BCUT2D eigenvalue weighted by atomic mass is 9.85. The zero-order chi connectivity index (χ0) is 17.8. The monoisotopic (exact) mass is 345 g/mol. The van der Waals surface area contributed by atoms with Crippen molar-refractivity contribution < 1.29 is 19.1 Å². The van der Waals surface area contributed by atoms with Crippen molar-refractivity contribution in [3.05, 3.63) is 30.3 Å². The Morgan fingerprint density at radius 1 is 1.24 bits per heavy atom. The van der Waals surface area contributed by atoms with E-state index in [-0.39, 0.29) is 30.4 Å². The van der Waals surface area contributed by atoms with Gasteiger partial charge in [0.15, 0.2) is 0 Å². The van der Waals surface area contributed by atoms with Gasteiger partial charge >= 0.3 is 12.0 Å².